The molecule has 0 radical (unpaired) electrons. The van der Waals surface area contributed by atoms with Crippen LogP contribution in [-0.2, 0) is 9.53 Å². The lowest BCUT2D eigenvalue weighted by Gasteiger charge is -2.18. The molecule has 3 N–H and O–H groups in total. The van der Waals surface area contributed by atoms with Crippen molar-refractivity contribution < 1.29 is 18.3 Å². The Labute approximate surface area is 116 Å². The van der Waals surface area contributed by atoms with Gasteiger partial charge < -0.3 is 15.8 Å². The van der Waals surface area contributed by atoms with Crippen molar-refractivity contribution in [1.29, 1.82) is 0 Å². The second-order valence-corrected chi connectivity index (χ2v) is 3.96. The molecule has 0 bridgehead atoms. The zero-order valence-corrected chi connectivity index (χ0v) is 11.5. The molecule has 0 aliphatic rings. The van der Waals surface area contributed by atoms with E-state index in [-0.39, 0.29) is 24.6 Å². The van der Waals surface area contributed by atoms with E-state index >= 15 is 0 Å². The molecule has 2 atom stereocenters. The number of carbonyl (C=O) groups excluding carboxylic acids is 1. The van der Waals surface area contributed by atoms with Crippen LogP contribution in [-0.4, -0.2) is 25.7 Å². The topological polar surface area (TPSA) is 64.3 Å². The fourth-order valence-corrected chi connectivity index (χ4v) is 1.51. The lowest BCUT2D eigenvalue weighted by atomic mass is 10.1. The first kappa shape index (κ1) is 17.8. The van der Waals surface area contributed by atoms with Crippen molar-refractivity contribution in [3.8, 4) is 0 Å². The molecule has 19 heavy (non-hydrogen) atoms. The number of halogens is 3. The van der Waals surface area contributed by atoms with Crippen LogP contribution in [0.15, 0.2) is 18.2 Å². The molecule has 1 amide bonds. The van der Waals surface area contributed by atoms with E-state index in [4.69, 9.17) is 10.5 Å². The Morgan fingerprint density at radius 3 is 2.63 bits per heavy atom. The monoisotopic (exact) mass is 294 g/mol. The van der Waals surface area contributed by atoms with E-state index in [0.717, 1.165) is 12.1 Å². The van der Waals surface area contributed by atoms with Gasteiger partial charge in [-0.05, 0) is 13.0 Å². The van der Waals surface area contributed by atoms with E-state index in [9.17, 15) is 13.6 Å². The van der Waals surface area contributed by atoms with Crippen molar-refractivity contribution in [3.63, 3.8) is 0 Å². The van der Waals surface area contributed by atoms with Crippen molar-refractivity contribution in [2.24, 2.45) is 5.73 Å². The number of rotatable bonds is 5. The largest absolute Gasteiger partial charge is 0.383 e. The molecular weight excluding hydrogens is 278 g/mol. The Morgan fingerprint density at radius 1 is 1.47 bits per heavy atom. The average molecular weight is 295 g/mol. The van der Waals surface area contributed by atoms with Gasteiger partial charge in [-0.1, -0.05) is 6.07 Å². The van der Waals surface area contributed by atoms with Crippen LogP contribution in [0.5, 0.6) is 0 Å². The third-order valence-electron chi connectivity index (χ3n) is 2.47. The lowest BCUT2D eigenvalue weighted by Crippen LogP contribution is -2.44. The molecule has 7 heteroatoms. The van der Waals surface area contributed by atoms with Gasteiger partial charge in [-0.2, -0.15) is 0 Å². The highest BCUT2D eigenvalue weighted by Crippen LogP contribution is 2.17. The number of methoxy groups -OCH3 is 1. The number of hydrogen-bond donors (Lipinski definition) is 2. The summed E-state index contributed by atoms with van der Waals surface area (Å²) in [6.45, 7) is 1.66. The number of nitrogens with one attached hydrogen (secondary N) is 1. The third kappa shape index (κ3) is 5.10. The summed E-state index contributed by atoms with van der Waals surface area (Å²) in [5.74, 6) is -1.82. The van der Waals surface area contributed by atoms with Gasteiger partial charge in [0.25, 0.3) is 0 Å². The SMILES string of the molecule is COCC(N)C(=O)N[C@H](C)c1ccc(F)cc1F.Cl. The Hall–Kier alpha value is -1.24. The van der Waals surface area contributed by atoms with Crippen LogP contribution in [0.4, 0.5) is 8.78 Å². The highest BCUT2D eigenvalue weighted by Gasteiger charge is 2.18. The summed E-state index contributed by atoms with van der Waals surface area (Å²) < 4.78 is 30.9. The Bertz CT molecular complexity index is 432. The first-order chi connectivity index (χ1) is 8.45. The van der Waals surface area contributed by atoms with Crippen molar-refractivity contribution >= 4 is 18.3 Å². The van der Waals surface area contributed by atoms with Crippen LogP contribution < -0.4 is 11.1 Å². The smallest absolute Gasteiger partial charge is 0.239 e. The minimum atomic E-state index is -0.819. The Morgan fingerprint density at radius 2 is 2.11 bits per heavy atom. The van der Waals surface area contributed by atoms with Gasteiger partial charge in [0.05, 0.1) is 12.6 Å². The predicted molar refractivity (Wildman–Crippen MR) is 70.0 cm³/mol. The summed E-state index contributed by atoms with van der Waals surface area (Å²) in [7, 11) is 1.43. The van der Waals surface area contributed by atoms with Crippen molar-refractivity contribution in [2.45, 2.75) is 19.0 Å². The van der Waals surface area contributed by atoms with Crippen molar-refractivity contribution in [3.05, 3.63) is 35.4 Å². The summed E-state index contributed by atoms with van der Waals surface area (Å²) in [5.41, 5.74) is 5.73. The molecule has 0 aliphatic heterocycles. The first-order valence-corrected chi connectivity index (χ1v) is 5.45. The molecule has 0 aliphatic carbocycles. The average Bonchev–Trinajstić information content (AvgIpc) is 2.28. The molecule has 0 heterocycles. The van der Waals surface area contributed by atoms with E-state index in [1.807, 2.05) is 0 Å². The van der Waals surface area contributed by atoms with Crippen LogP contribution in [0, 0.1) is 11.6 Å². The maximum atomic E-state index is 13.5. The number of hydrogen-bond acceptors (Lipinski definition) is 3. The van der Waals surface area contributed by atoms with Gasteiger partial charge in [-0.25, -0.2) is 8.78 Å². The second kappa shape index (κ2) is 8.04. The van der Waals surface area contributed by atoms with E-state index in [0.29, 0.717) is 0 Å². The fourth-order valence-electron chi connectivity index (χ4n) is 1.51. The first-order valence-electron chi connectivity index (χ1n) is 5.45. The fraction of sp³-hybridized carbons (Fsp3) is 0.417. The van der Waals surface area contributed by atoms with Gasteiger partial charge in [0.15, 0.2) is 0 Å². The number of amides is 1. The molecular formula is C12H17ClF2N2O2. The molecule has 0 spiro atoms. The molecule has 0 fully saturated rings. The standard InChI is InChI=1S/C12H16F2N2O2.ClH/c1-7(16-12(17)11(15)6-18-2)9-4-3-8(13)5-10(9)14;/h3-5,7,11H,6,15H2,1-2H3,(H,16,17);1H/t7-,11?;/m1./s1. The molecule has 1 aromatic rings. The van der Waals surface area contributed by atoms with Crippen LogP contribution in [0.3, 0.4) is 0 Å². The van der Waals surface area contributed by atoms with Gasteiger partial charge in [0.1, 0.15) is 17.7 Å². The third-order valence-corrected chi connectivity index (χ3v) is 2.47. The number of benzene rings is 1. The van der Waals surface area contributed by atoms with E-state index in [2.05, 4.69) is 5.32 Å². The second-order valence-electron chi connectivity index (χ2n) is 3.96. The predicted octanol–water partition coefficient (Wildman–Crippen LogP) is 1.54. The molecule has 108 valence electrons. The van der Waals surface area contributed by atoms with Gasteiger partial charge in [-0.15, -0.1) is 12.4 Å². The van der Waals surface area contributed by atoms with E-state index in [1.54, 1.807) is 6.92 Å². The minimum absolute atomic E-state index is 0. The summed E-state index contributed by atoms with van der Waals surface area (Å²) in [4.78, 5) is 11.6. The normalized spacial score (nSPS) is 13.3. The maximum absolute atomic E-state index is 13.5. The molecule has 0 saturated carbocycles. The van der Waals surface area contributed by atoms with Gasteiger partial charge in [0, 0.05) is 18.7 Å². The number of nitrogens with two attached hydrogens (primary N) is 1. The van der Waals surface area contributed by atoms with Gasteiger partial charge in [-0.3, -0.25) is 4.79 Å². The molecule has 1 unspecified atom stereocenters. The minimum Gasteiger partial charge on any atom is -0.383 e. The Balaban J connectivity index is 0.00000324. The molecule has 0 aromatic heterocycles. The zero-order chi connectivity index (χ0) is 13.7. The Kier molecular flexibility index (Phi) is 7.51. The molecule has 1 aromatic carbocycles. The molecule has 0 saturated heterocycles. The van der Waals surface area contributed by atoms with Crippen LogP contribution >= 0.6 is 12.4 Å². The highest BCUT2D eigenvalue weighted by molar-refractivity contribution is 5.85. The summed E-state index contributed by atoms with van der Waals surface area (Å²) in [6.07, 6.45) is 0. The summed E-state index contributed by atoms with van der Waals surface area (Å²) in [6, 6.07) is 1.78. The van der Waals surface area contributed by atoms with E-state index in [1.165, 1.54) is 13.2 Å². The van der Waals surface area contributed by atoms with Gasteiger partial charge >= 0.3 is 0 Å². The van der Waals surface area contributed by atoms with Crippen molar-refractivity contribution in [1.82, 2.24) is 5.32 Å². The van der Waals surface area contributed by atoms with E-state index < -0.39 is 29.6 Å². The highest BCUT2D eigenvalue weighted by atomic mass is 35.5. The molecule has 4 nitrogen and oxygen atoms in total. The quantitative estimate of drug-likeness (QED) is 0.866. The number of ether oxygens (including phenoxy) is 1. The maximum Gasteiger partial charge on any atom is 0.239 e. The molecule has 1 rings (SSSR count). The van der Waals surface area contributed by atoms with Crippen LogP contribution in [0.1, 0.15) is 18.5 Å². The zero-order valence-electron chi connectivity index (χ0n) is 10.7. The van der Waals surface area contributed by atoms with Crippen LogP contribution in [0.25, 0.3) is 0 Å². The van der Waals surface area contributed by atoms with Crippen LogP contribution in [0.2, 0.25) is 0 Å². The van der Waals surface area contributed by atoms with Crippen molar-refractivity contribution in [2.75, 3.05) is 13.7 Å². The summed E-state index contributed by atoms with van der Waals surface area (Å²) in [5, 5.41) is 2.53. The summed E-state index contributed by atoms with van der Waals surface area (Å²) >= 11 is 0. The number of carbonyl (C=O) groups is 1. The lowest BCUT2D eigenvalue weighted by molar-refractivity contribution is -0.124. The van der Waals surface area contributed by atoms with Gasteiger partial charge in [0.2, 0.25) is 5.91 Å².